The van der Waals surface area contributed by atoms with Crippen LogP contribution in [0.3, 0.4) is 0 Å². The topological polar surface area (TPSA) is 64.0 Å². The van der Waals surface area contributed by atoms with Gasteiger partial charge in [-0.25, -0.2) is 0 Å². The van der Waals surface area contributed by atoms with Crippen LogP contribution in [0.1, 0.15) is 27.2 Å². The number of amides is 1. The number of ketones is 1. The minimum absolute atomic E-state index is 0.275. The van der Waals surface area contributed by atoms with E-state index in [-0.39, 0.29) is 6.54 Å². The van der Waals surface area contributed by atoms with Gasteiger partial charge in [0.05, 0.1) is 5.69 Å². The van der Waals surface area contributed by atoms with E-state index in [2.05, 4.69) is 10.3 Å². The van der Waals surface area contributed by atoms with E-state index in [1.54, 1.807) is 35.2 Å². The Bertz CT molecular complexity index is 867. The van der Waals surface area contributed by atoms with Crippen LogP contribution in [0.2, 0.25) is 0 Å². The highest BCUT2D eigenvalue weighted by molar-refractivity contribution is 6.42. The first kappa shape index (κ1) is 16.6. The summed E-state index contributed by atoms with van der Waals surface area (Å²) in [4.78, 5) is 28.6. The Balaban J connectivity index is 1.67. The van der Waals surface area contributed by atoms with Crippen molar-refractivity contribution in [3.05, 3.63) is 89.5 Å². The van der Waals surface area contributed by atoms with E-state index in [1.807, 2.05) is 43.5 Å². The van der Waals surface area contributed by atoms with Crippen LogP contribution in [0, 0.1) is 6.92 Å². The van der Waals surface area contributed by atoms with Crippen molar-refractivity contribution in [2.45, 2.75) is 20.0 Å². The highest BCUT2D eigenvalue weighted by atomic mass is 16.2. The first-order valence-corrected chi connectivity index (χ1v) is 8.05. The van der Waals surface area contributed by atoms with Crippen molar-refractivity contribution in [2.75, 3.05) is 0 Å². The first-order valence-electron chi connectivity index (χ1n) is 8.05. The van der Waals surface area contributed by atoms with Gasteiger partial charge in [0.2, 0.25) is 0 Å². The molecule has 25 heavy (non-hydrogen) atoms. The molecule has 1 amide bonds. The maximum Gasteiger partial charge on any atom is 0.294 e. The molecule has 3 aromatic rings. The molecule has 5 heteroatoms. The van der Waals surface area contributed by atoms with E-state index >= 15 is 0 Å². The lowest BCUT2D eigenvalue weighted by atomic mass is 10.1. The van der Waals surface area contributed by atoms with Gasteiger partial charge >= 0.3 is 0 Å². The number of hydrogen-bond donors (Lipinski definition) is 1. The van der Waals surface area contributed by atoms with Crippen molar-refractivity contribution >= 4 is 11.7 Å². The fourth-order valence-electron chi connectivity index (χ4n) is 2.53. The maximum atomic E-state index is 12.4. The molecule has 0 spiro atoms. The monoisotopic (exact) mass is 333 g/mol. The number of benzene rings is 1. The third-order valence-corrected chi connectivity index (χ3v) is 3.92. The van der Waals surface area contributed by atoms with Crippen molar-refractivity contribution in [1.82, 2.24) is 14.9 Å². The van der Waals surface area contributed by atoms with Gasteiger partial charge in [-0.15, -0.1) is 0 Å². The van der Waals surface area contributed by atoms with Crippen molar-refractivity contribution in [2.24, 2.45) is 0 Å². The van der Waals surface area contributed by atoms with Gasteiger partial charge in [0.1, 0.15) is 0 Å². The lowest BCUT2D eigenvalue weighted by molar-refractivity contribution is -0.117. The van der Waals surface area contributed by atoms with Gasteiger partial charge in [0.25, 0.3) is 11.7 Å². The number of aromatic nitrogens is 2. The summed E-state index contributed by atoms with van der Waals surface area (Å²) in [6, 6.07) is 15.2. The number of aryl methyl sites for hydroxylation is 1. The summed E-state index contributed by atoms with van der Waals surface area (Å²) in [6.07, 6.45) is 5.13. The van der Waals surface area contributed by atoms with Crippen LogP contribution in [0.4, 0.5) is 0 Å². The summed E-state index contributed by atoms with van der Waals surface area (Å²) in [6.45, 7) is 2.85. The van der Waals surface area contributed by atoms with Crippen LogP contribution in [-0.2, 0) is 17.9 Å². The number of Topliss-reactive ketones (excluding diaryl/α,β-unsaturated/α-hetero) is 1. The second-order valence-electron chi connectivity index (χ2n) is 5.88. The zero-order chi connectivity index (χ0) is 17.6. The predicted molar refractivity (Wildman–Crippen MR) is 95.1 cm³/mol. The molecule has 2 heterocycles. The zero-order valence-corrected chi connectivity index (χ0v) is 14.0. The molecule has 0 saturated heterocycles. The van der Waals surface area contributed by atoms with E-state index in [0.717, 1.165) is 11.1 Å². The number of rotatable bonds is 6. The maximum absolute atomic E-state index is 12.4. The second-order valence-corrected chi connectivity index (χ2v) is 5.88. The molecule has 0 aliphatic carbocycles. The largest absolute Gasteiger partial charge is 0.345 e. The number of nitrogens with zero attached hydrogens (tertiary/aromatic N) is 2. The number of hydrogen-bond acceptors (Lipinski definition) is 3. The molecule has 0 atom stereocenters. The number of carbonyl (C=O) groups excluding carboxylic acids is 2. The average molecular weight is 333 g/mol. The minimum Gasteiger partial charge on any atom is -0.345 e. The molecule has 0 saturated carbocycles. The zero-order valence-electron chi connectivity index (χ0n) is 14.0. The van der Waals surface area contributed by atoms with Crippen LogP contribution in [0.15, 0.2) is 67.1 Å². The number of pyridine rings is 1. The molecule has 126 valence electrons. The summed E-state index contributed by atoms with van der Waals surface area (Å²) in [7, 11) is 0. The Morgan fingerprint density at radius 3 is 2.56 bits per heavy atom. The van der Waals surface area contributed by atoms with Gasteiger partial charge in [0, 0.05) is 31.7 Å². The Kier molecular flexibility index (Phi) is 5.04. The molecular formula is C20H19N3O2. The molecule has 0 aliphatic heterocycles. The normalized spacial score (nSPS) is 10.4. The van der Waals surface area contributed by atoms with Gasteiger partial charge in [0.15, 0.2) is 0 Å². The third-order valence-electron chi connectivity index (χ3n) is 3.92. The summed E-state index contributed by atoms with van der Waals surface area (Å²) >= 11 is 0. The summed E-state index contributed by atoms with van der Waals surface area (Å²) in [5, 5.41) is 2.64. The quantitative estimate of drug-likeness (QED) is 0.557. The number of nitrogens with one attached hydrogen (secondary N) is 1. The SMILES string of the molecule is Cc1ccc(Cn2cccc2C(=O)C(=O)NCc2cccnc2)cc1. The summed E-state index contributed by atoms with van der Waals surface area (Å²) in [5.74, 6) is -1.16. The van der Waals surface area contributed by atoms with Crippen LogP contribution in [0.5, 0.6) is 0 Å². The molecule has 2 aromatic heterocycles. The Hall–Kier alpha value is -3.21. The van der Waals surface area contributed by atoms with Crippen LogP contribution >= 0.6 is 0 Å². The molecule has 5 nitrogen and oxygen atoms in total. The van der Waals surface area contributed by atoms with Crippen molar-refractivity contribution in [1.29, 1.82) is 0 Å². The van der Waals surface area contributed by atoms with Crippen molar-refractivity contribution in [3.8, 4) is 0 Å². The van der Waals surface area contributed by atoms with Gasteiger partial charge in [-0.2, -0.15) is 0 Å². The summed E-state index contributed by atoms with van der Waals surface area (Å²) in [5.41, 5.74) is 3.48. The van der Waals surface area contributed by atoms with Crippen molar-refractivity contribution in [3.63, 3.8) is 0 Å². The standard InChI is InChI=1S/C20H19N3O2/c1-15-6-8-16(9-7-15)14-23-11-3-5-18(23)19(24)20(25)22-13-17-4-2-10-21-12-17/h2-12H,13-14H2,1H3,(H,22,25). The van der Waals surface area contributed by atoms with E-state index in [1.165, 1.54) is 5.56 Å². The average Bonchev–Trinajstić information content (AvgIpc) is 3.10. The molecule has 0 radical (unpaired) electrons. The molecular weight excluding hydrogens is 314 g/mol. The summed E-state index contributed by atoms with van der Waals surface area (Å²) < 4.78 is 1.79. The minimum atomic E-state index is -0.618. The molecule has 0 fully saturated rings. The fourth-order valence-corrected chi connectivity index (χ4v) is 2.53. The van der Waals surface area contributed by atoms with E-state index < -0.39 is 11.7 Å². The first-order chi connectivity index (χ1) is 12.1. The molecule has 1 N–H and O–H groups in total. The predicted octanol–water partition coefficient (Wildman–Crippen LogP) is 2.74. The second kappa shape index (κ2) is 7.57. The number of carbonyl (C=O) groups is 2. The highest BCUT2D eigenvalue weighted by Crippen LogP contribution is 2.10. The third kappa shape index (κ3) is 4.20. The van der Waals surface area contributed by atoms with Gasteiger partial charge in [-0.05, 0) is 36.2 Å². The Morgan fingerprint density at radius 2 is 1.84 bits per heavy atom. The molecule has 1 aromatic carbocycles. The Morgan fingerprint density at radius 1 is 1.04 bits per heavy atom. The van der Waals surface area contributed by atoms with Crippen LogP contribution < -0.4 is 5.32 Å². The van der Waals surface area contributed by atoms with Gasteiger partial charge in [-0.3, -0.25) is 14.6 Å². The van der Waals surface area contributed by atoms with Crippen LogP contribution in [0.25, 0.3) is 0 Å². The Labute approximate surface area is 146 Å². The van der Waals surface area contributed by atoms with Gasteiger partial charge in [-0.1, -0.05) is 35.9 Å². The van der Waals surface area contributed by atoms with Crippen LogP contribution in [-0.4, -0.2) is 21.2 Å². The lowest BCUT2D eigenvalue weighted by Crippen LogP contribution is -2.32. The fraction of sp³-hybridized carbons (Fsp3) is 0.150. The molecule has 0 unspecified atom stereocenters. The molecule has 0 aliphatic rings. The van der Waals surface area contributed by atoms with E-state index in [0.29, 0.717) is 12.2 Å². The highest BCUT2D eigenvalue weighted by Gasteiger charge is 2.19. The molecule has 3 rings (SSSR count). The van der Waals surface area contributed by atoms with Gasteiger partial charge < -0.3 is 9.88 Å². The molecule has 0 bridgehead atoms. The van der Waals surface area contributed by atoms with Crippen molar-refractivity contribution < 1.29 is 9.59 Å². The smallest absolute Gasteiger partial charge is 0.294 e. The lowest BCUT2D eigenvalue weighted by Gasteiger charge is -2.09. The van der Waals surface area contributed by atoms with E-state index in [4.69, 9.17) is 0 Å². The van der Waals surface area contributed by atoms with E-state index in [9.17, 15) is 9.59 Å².